The van der Waals surface area contributed by atoms with Crippen LogP contribution in [0.25, 0.3) is 0 Å². The minimum Gasteiger partial charge on any atom is -0.479 e. The molecule has 23 heavy (non-hydrogen) atoms. The number of carbonyl (C=O) groups is 3. The average molecular weight is 326 g/mol. The molecule has 3 atom stereocenters. The molecule has 0 aromatic carbocycles. The number of carbonyl (C=O) groups excluding carboxylic acids is 2. The van der Waals surface area contributed by atoms with Gasteiger partial charge in [0.1, 0.15) is 17.2 Å². The smallest absolute Gasteiger partial charge is 0.408 e. The van der Waals surface area contributed by atoms with E-state index in [1.165, 1.54) is 4.90 Å². The minimum absolute atomic E-state index is 0.0117. The maximum atomic E-state index is 12.7. The van der Waals surface area contributed by atoms with Crippen molar-refractivity contribution in [3.05, 3.63) is 0 Å². The van der Waals surface area contributed by atoms with Gasteiger partial charge in [-0.3, -0.25) is 4.79 Å². The third-order valence-electron chi connectivity index (χ3n) is 4.71. The van der Waals surface area contributed by atoms with Crippen molar-refractivity contribution in [2.24, 2.45) is 5.92 Å². The maximum Gasteiger partial charge on any atom is 0.408 e. The Balaban J connectivity index is 2.07. The summed E-state index contributed by atoms with van der Waals surface area (Å²) in [6.45, 7) is 7.20. The van der Waals surface area contributed by atoms with Crippen LogP contribution in [0.3, 0.4) is 0 Å². The molecular formula is C16H26N2O5. The number of amides is 2. The number of likely N-dealkylation sites (tertiary alicyclic amines) is 1. The predicted octanol–water partition coefficient (Wildman–Crippen LogP) is 1.76. The van der Waals surface area contributed by atoms with Crippen LogP contribution < -0.4 is 5.32 Å². The second kappa shape index (κ2) is 6.02. The molecule has 0 bridgehead atoms. The standard InChI is InChI=1S/C16H26N2O5/c1-10(17-14(22)23-15(2,3)4)12(19)18-9-7-11-6-5-8-16(11,18)13(20)21/h10-11H,5-9H2,1-4H3,(H,17,22)(H,20,21)/t10-,11-,16-/m0/s1. The summed E-state index contributed by atoms with van der Waals surface area (Å²) in [6, 6.07) is -0.819. The van der Waals surface area contributed by atoms with Crippen LogP contribution in [-0.2, 0) is 14.3 Å². The van der Waals surface area contributed by atoms with E-state index in [9.17, 15) is 19.5 Å². The molecule has 2 rings (SSSR count). The molecule has 0 radical (unpaired) electrons. The number of carboxylic acids is 1. The number of alkyl carbamates (subject to hydrolysis) is 1. The number of fused-ring (bicyclic) bond motifs is 1. The Morgan fingerprint density at radius 2 is 1.96 bits per heavy atom. The van der Waals surface area contributed by atoms with Gasteiger partial charge in [0.2, 0.25) is 5.91 Å². The summed E-state index contributed by atoms with van der Waals surface area (Å²) in [7, 11) is 0. The van der Waals surface area contributed by atoms with Crippen molar-refractivity contribution in [3.63, 3.8) is 0 Å². The Morgan fingerprint density at radius 1 is 1.30 bits per heavy atom. The fourth-order valence-corrected chi connectivity index (χ4v) is 3.77. The molecule has 1 aliphatic carbocycles. The highest BCUT2D eigenvalue weighted by atomic mass is 16.6. The topological polar surface area (TPSA) is 95.9 Å². The molecule has 7 heteroatoms. The summed E-state index contributed by atoms with van der Waals surface area (Å²) in [5, 5.41) is 12.2. The molecule has 0 unspecified atom stereocenters. The van der Waals surface area contributed by atoms with Crippen molar-refractivity contribution in [1.29, 1.82) is 0 Å². The van der Waals surface area contributed by atoms with Gasteiger partial charge in [-0.2, -0.15) is 0 Å². The highest BCUT2D eigenvalue weighted by Gasteiger charge is 2.59. The lowest BCUT2D eigenvalue weighted by Gasteiger charge is -2.36. The fourth-order valence-electron chi connectivity index (χ4n) is 3.77. The quantitative estimate of drug-likeness (QED) is 0.824. The number of aliphatic carboxylic acids is 1. The van der Waals surface area contributed by atoms with Crippen molar-refractivity contribution in [2.45, 2.75) is 70.6 Å². The van der Waals surface area contributed by atoms with Crippen molar-refractivity contribution in [1.82, 2.24) is 10.2 Å². The molecule has 2 amide bonds. The first-order chi connectivity index (χ1) is 10.6. The number of hydrogen-bond donors (Lipinski definition) is 2. The summed E-state index contributed by atoms with van der Waals surface area (Å²) < 4.78 is 5.14. The van der Waals surface area contributed by atoms with E-state index in [1.807, 2.05) is 0 Å². The zero-order valence-electron chi connectivity index (χ0n) is 14.2. The normalized spacial score (nSPS) is 28.2. The van der Waals surface area contributed by atoms with Crippen molar-refractivity contribution in [2.75, 3.05) is 6.54 Å². The van der Waals surface area contributed by atoms with Crippen LogP contribution in [0.1, 0.15) is 53.4 Å². The van der Waals surface area contributed by atoms with E-state index in [0.717, 1.165) is 12.8 Å². The third-order valence-corrected chi connectivity index (χ3v) is 4.71. The number of ether oxygens (including phenoxy) is 1. The first-order valence-electron chi connectivity index (χ1n) is 8.12. The number of nitrogens with zero attached hydrogens (tertiary/aromatic N) is 1. The predicted molar refractivity (Wildman–Crippen MR) is 82.9 cm³/mol. The molecule has 1 heterocycles. The molecule has 0 spiro atoms. The maximum absolute atomic E-state index is 12.7. The first kappa shape index (κ1) is 17.6. The Hall–Kier alpha value is -1.79. The van der Waals surface area contributed by atoms with Gasteiger partial charge in [0.05, 0.1) is 0 Å². The van der Waals surface area contributed by atoms with Crippen LogP contribution in [0.5, 0.6) is 0 Å². The molecule has 1 saturated carbocycles. The molecule has 0 aromatic heterocycles. The van der Waals surface area contributed by atoms with E-state index in [-0.39, 0.29) is 11.8 Å². The van der Waals surface area contributed by atoms with E-state index < -0.39 is 29.2 Å². The average Bonchev–Trinajstić information content (AvgIpc) is 2.93. The van der Waals surface area contributed by atoms with Gasteiger partial charge in [-0.15, -0.1) is 0 Å². The van der Waals surface area contributed by atoms with Crippen LogP contribution in [0.2, 0.25) is 0 Å². The second-order valence-electron chi connectivity index (χ2n) is 7.47. The molecule has 2 fully saturated rings. The third kappa shape index (κ3) is 3.28. The monoisotopic (exact) mass is 326 g/mol. The lowest BCUT2D eigenvalue weighted by molar-refractivity contribution is -0.158. The second-order valence-corrected chi connectivity index (χ2v) is 7.47. The fraction of sp³-hybridized carbons (Fsp3) is 0.812. The molecule has 2 N–H and O–H groups in total. The Bertz CT molecular complexity index is 513. The van der Waals surface area contributed by atoms with Crippen molar-refractivity contribution in [3.8, 4) is 0 Å². The van der Waals surface area contributed by atoms with E-state index in [0.29, 0.717) is 19.4 Å². The van der Waals surface area contributed by atoms with Gasteiger partial charge < -0.3 is 20.1 Å². The zero-order valence-corrected chi connectivity index (χ0v) is 14.2. The van der Waals surface area contributed by atoms with E-state index in [2.05, 4.69) is 5.32 Å². The SMILES string of the molecule is C[C@H](NC(=O)OC(C)(C)C)C(=O)N1CC[C@@H]2CCC[C@@]21C(=O)O. The Labute approximate surface area is 136 Å². The van der Waals surface area contributed by atoms with Crippen LogP contribution in [0.15, 0.2) is 0 Å². The number of carboxylic acid groups (broad SMARTS) is 1. The first-order valence-corrected chi connectivity index (χ1v) is 8.12. The summed E-state index contributed by atoms with van der Waals surface area (Å²) in [5.41, 5.74) is -1.75. The summed E-state index contributed by atoms with van der Waals surface area (Å²) in [5.74, 6) is -1.28. The molecule has 1 saturated heterocycles. The van der Waals surface area contributed by atoms with Crippen LogP contribution in [0, 0.1) is 5.92 Å². The van der Waals surface area contributed by atoms with Gasteiger partial charge in [-0.1, -0.05) is 6.42 Å². The molecule has 130 valence electrons. The van der Waals surface area contributed by atoms with Crippen LogP contribution >= 0.6 is 0 Å². The Morgan fingerprint density at radius 3 is 2.52 bits per heavy atom. The summed E-state index contributed by atoms with van der Waals surface area (Å²) in [6.07, 6.45) is 2.16. The zero-order chi connectivity index (χ0) is 17.4. The summed E-state index contributed by atoms with van der Waals surface area (Å²) in [4.78, 5) is 37.8. The minimum atomic E-state index is -1.10. The van der Waals surface area contributed by atoms with E-state index in [4.69, 9.17) is 4.74 Å². The van der Waals surface area contributed by atoms with Gasteiger partial charge in [0.25, 0.3) is 0 Å². The van der Waals surface area contributed by atoms with Crippen molar-refractivity contribution < 1.29 is 24.2 Å². The number of hydrogen-bond acceptors (Lipinski definition) is 4. The number of nitrogens with one attached hydrogen (secondary N) is 1. The van der Waals surface area contributed by atoms with E-state index >= 15 is 0 Å². The van der Waals surface area contributed by atoms with E-state index in [1.54, 1.807) is 27.7 Å². The lowest BCUT2D eigenvalue weighted by atomic mass is 9.88. The van der Waals surface area contributed by atoms with Gasteiger partial charge in [0, 0.05) is 6.54 Å². The highest BCUT2D eigenvalue weighted by molar-refractivity contribution is 5.92. The molecular weight excluding hydrogens is 300 g/mol. The van der Waals surface area contributed by atoms with Crippen molar-refractivity contribution >= 4 is 18.0 Å². The molecule has 0 aromatic rings. The Kier molecular flexibility index (Phi) is 4.59. The molecule has 2 aliphatic rings. The van der Waals surface area contributed by atoms with Crippen LogP contribution in [-0.4, -0.2) is 51.7 Å². The van der Waals surface area contributed by atoms with Gasteiger partial charge in [-0.05, 0) is 52.9 Å². The van der Waals surface area contributed by atoms with Gasteiger partial charge in [-0.25, -0.2) is 9.59 Å². The van der Waals surface area contributed by atoms with Crippen LogP contribution in [0.4, 0.5) is 4.79 Å². The largest absolute Gasteiger partial charge is 0.479 e. The summed E-state index contributed by atoms with van der Waals surface area (Å²) >= 11 is 0. The molecule has 1 aliphatic heterocycles. The molecule has 7 nitrogen and oxygen atoms in total. The lowest BCUT2D eigenvalue weighted by Crippen LogP contribution is -2.58. The van der Waals surface area contributed by atoms with Gasteiger partial charge >= 0.3 is 12.1 Å². The highest BCUT2D eigenvalue weighted by Crippen LogP contribution is 2.47. The number of rotatable bonds is 3. The van der Waals surface area contributed by atoms with Gasteiger partial charge in [0.15, 0.2) is 0 Å².